The minimum Gasteiger partial charge on any atom is -0.469 e. The second kappa shape index (κ2) is 7.82. The molecule has 0 saturated carbocycles. The third kappa shape index (κ3) is 5.48. The van der Waals surface area contributed by atoms with Gasteiger partial charge in [0.1, 0.15) is 0 Å². The maximum Gasteiger partial charge on any atom is 0.305 e. The van der Waals surface area contributed by atoms with Crippen molar-refractivity contribution in [2.45, 2.75) is 44.9 Å². The van der Waals surface area contributed by atoms with Crippen LogP contribution in [0.5, 0.6) is 0 Å². The number of ether oxygens (including phenoxy) is 1. The van der Waals surface area contributed by atoms with Gasteiger partial charge in [-0.15, -0.1) is 0 Å². The summed E-state index contributed by atoms with van der Waals surface area (Å²) in [5.74, 6) is 0.149. The molecule has 0 radical (unpaired) electrons. The van der Waals surface area contributed by atoms with E-state index in [1.54, 1.807) is 0 Å². The summed E-state index contributed by atoms with van der Waals surface area (Å²) in [7, 11) is 1.40. The molecular weight excluding hydrogens is 216 g/mol. The van der Waals surface area contributed by atoms with Crippen LogP contribution in [0.2, 0.25) is 0 Å². The molecule has 0 fully saturated rings. The summed E-state index contributed by atoms with van der Waals surface area (Å²) in [6, 6.07) is 0. The fraction of sp³-hybridized carbons (Fsp3) is 0.571. The quantitative estimate of drug-likeness (QED) is 0.388. The lowest BCUT2D eigenvalue weighted by atomic mass is 10.1. The lowest BCUT2D eigenvalue weighted by Crippen LogP contribution is -1.98. The molecule has 17 heavy (non-hydrogen) atoms. The molecule has 94 valence electrons. The molecule has 1 rings (SSSR count). The van der Waals surface area contributed by atoms with E-state index in [1.807, 2.05) is 6.08 Å². The van der Waals surface area contributed by atoms with Crippen LogP contribution >= 0.6 is 0 Å². The van der Waals surface area contributed by atoms with Crippen LogP contribution in [0.1, 0.15) is 44.9 Å². The number of hydrogen-bond acceptors (Lipinski definition) is 3. The molecule has 3 heteroatoms. The van der Waals surface area contributed by atoms with Crippen LogP contribution in [0.4, 0.5) is 0 Å². The van der Waals surface area contributed by atoms with E-state index in [1.165, 1.54) is 7.11 Å². The second-order valence-electron chi connectivity index (χ2n) is 4.17. The van der Waals surface area contributed by atoms with E-state index in [-0.39, 0.29) is 5.97 Å². The van der Waals surface area contributed by atoms with Gasteiger partial charge in [-0.25, -0.2) is 0 Å². The third-order valence-corrected chi connectivity index (χ3v) is 2.85. The fourth-order valence-corrected chi connectivity index (χ4v) is 1.84. The first-order chi connectivity index (χ1) is 8.24. The van der Waals surface area contributed by atoms with E-state index in [0.29, 0.717) is 18.6 Å². The minimum atomic E-state index is -0.170. The Morgan fingerprint density at radius 1 is 1.41 bits per heavy atom. The Kier molecular flexibility index (Phi) is 6.30. The zero-order valence-corrected chi connectivity index (χ0v) is 10.4. The van der Waals surface area contributed by atoms with E-state index >= 15 is 0 Å². The first kappa shape index (κ1) is 13.7. The van der Waals surface area contributed by atoms with Crippen molar-refractivity contribution in [3.63, 3.8) is 0 Å². The highest BCUT2D eigenvalue weighted by Crippen LogP contribution is 2.19. The largest absolute Gasteiger partial charge is 0.469 e. The van der Waals surface area contributed by atoms with Gasteiger partial charge in [0.15, 0.2) is 5.78 Å². The molecule has 0 atom stereocenters. The van der Waals surface area contributed by atoms with E-state index in [9.17, 15) is 9.59 Å². The van der Waals surface area contributed by atoms with Gasteiger partial charge in [0.05, 0.1) is 7.11 Å². The molecule has 0 saturated heterocycles. The Morgan fingerprint density at radius 3 is 2.82 bits per heavy atom. The minimum absolute atomic E-state index is 0.170. The van der Waals surface area contributed by atoms with Gasteiger partial charge in [-0.2, -0.15) is 0 Å². The average molecular weight is 236 g/mol. The standard InChI is InChI=1S/C14H20O3/c1-17-14(16)11-6-4-2-3-5-8-12-9-7-10-13(12)15/h2,4,9H,3,5-8,10-11H2,1H3/b4-2+. The lowest BCUT2D eigenvalue weighted by Gasteiger charge is -1.98. The van der Waals surface area contributed by atoms with Crippen LogP contribution in [0, 0.1) is 0 Å². The monoisotopic (exact) mass is 236 g/mol. The van der Waals surface area contributed by atoms with E-state index < -0.39 is 0 Å². The van der Waals surface area contributed by atoms with Gasteiger partial charge in [0.2, 0.25) is 0 Å². The number of methoxy groups -OCH3 is 1. The summed E-state index contributed by atoms with van der Waals surface area (Å²) in [5, 5.41) is 0. The Hall–Kier alpha value is -1.38. The van der Waals surface area contributed by atoms with E-state index in [2.05, 4.69) is 16.9 Å². The summed E-state index contributed by atoms with van der Waals surface area (Å²) in [6.45, 7) is 0. The van der Waals surface area contributed by atoms with Gasteiger partial charge in [-0.05, 0) is 37.7 Å². The molecule has 0 aromatic carbocycles. The molecule has 0 aromatic heterocycles. The molecule has 0 heterocycles. The van der Waals surface area contributed by atoms with E-state index in [0.717, 1.165) is 37.7 Å². The Balaban J connectivity index is 2.02. The van der Waals surface area contributed by atoms with Crippen LogP contribution < -0.4 is 0 Å². The molecule has 0 N–H and O–H groups in total. The highest BCUT2D eigenvalue weighted by molar-refractivity contribution is 5.97. The molecule has 0 spiro atoms. The molecule has 0 amide bonds. The first-order valence-corrected chi connectivity index (χ1v) is 6.18. The van der Waals surface area contributed by atoms with Gasteiger partial charge in [-0.3, -0.25) is 9.59 Å². The Morgan fingerprint density at radius 2 is 2.18 bits per heavy atom. The number of carbonyl (C=O) groups excluding carboxylic acids is 2. The fourth-order valence-electron chi connectivity index (χ4n) is 1.84. The highest BCUT2D eigenvalue weighted by Gasteiger charge is 2.13. The van der Waals surface area contributed by atoms with Crippen molar-refractivity contribution in [3.05, 3.63) is 23.8 Å². The summed E-state index contributed by atoms with van der Waals surface area (Å²) in [5.41, 5.74) is 1.01. The first-order valence-electron chi connectivity index (χ1n) is 6.18. The molecule has 0 aromatic rings. The Labute approximate surface area is 103 Å². The van der Waals surface area contributed by atoms with Gasteiger partial charge < -0.3 is 4.74 Å². The molecule has 0 bridgehead atoms. The van der Waals surface area contributed by atoms with Crippen molar-refractivity contribution in [1.29, 1.82) is 0 Å². The van der Waals surface area contributed by atoms with Crippen molar-refractivity contribution in [1.82, 2.24) is 0 Å². The van der Waals surface area contributed by atoms with Crippen LogP contribution in [-0.4, -0.2) is 18.9 Å². The molecule has 1 aliphatic carbocycles. The van der Waals surface area contributed by atoms with Crippen LogP contribution in [0.3, 0.4) is 0 Å². The number of unbranched alkanes of at least 4 members (excludes halogenated alkanes) is 1. The zero-order chi connectivity index (χ0) is 12.5. The number of rotatable bonds is 7. The molecule has 3 nitrogen and oxygen atoms in total. The second-order valence-corrected chi connectivity index (χ2v) is 4.17. The predicted molar refractivity (Wildman–Crippen MR) is 66.6 cm³/mol. The van der Waals surface area contributed by atoms with Crippen LogP contribution in [0.15, 0.2) is 23.8 Å². The molecule has 1 aliphatic rings. The summed E-state index contributed by atoms with van der Waals surface area (Å²) in [6.07, 6.45) is 11.8. The normalized spacial score (nSPS) is 15.4. The summed E-state index contributed by atoms with van der Waals surface area (Å²) >= 11 is 0. The summed E-state index contributed by atoms with van der Waals surface area (Å²) in [4.78, 5) is 22.1. The maximum absolute atomic E-state index is 11.3. The zero-order valence-electron chi connectivity index (χ0n) is 10.4. The van der Waals surface area contributed by atoms with Crippen molar-refractivity contribution in [3.8, 4) is 0 Å². The molecule has 0 aliphatic heterocycles. The van der Waals surface area contributed by atoms with Crippen molar-refractivity contribution in [2.24, 2.45) is 0 Å². The number of carbonyl (C=O) groups is 2. The van der Waals surface area contributed by atoms with Gasteiger partial charge >= 0.3 is 5.97 Å². The maximum atomic E-state index is 11.3. The molecular formula is C14H20O3. The van der Waals surface area contributed by atoms with Crippen LogP contribution in [-0.2, 0) is 14.3 Å². The van der Waals surface area contributed by atoms with Crippen molar-refractivity contribution < 1.29 is 14.3 Å². The van der Waals surface area contributed by atoms with Gasteiger partial charge in [0, 0.05) is 12.8 Å². The van der Waals surface area contributed by atoms with Crippen molar-refractivity contribution >= 4 is 11.8 Å². The number of ketones is 1. The smallest absolute Gasteiger partial charge is 0.305 e. The number of allylic oxidation sites excluding steroid dienone is 4. The SMILES string of the molecule is COC(=O)CC/C=C/CCCC1=CCCC1=O. The Bertz CT molecular complexity index is 326. The summed E-state index contributed by atoms with van der Waals surface area (Å²) < 4.78 is 4.54. The topological polar surface area (TPSA) is 43.4 Å². The van der Waals surface area contributed by atoms with Crippen LogP contribution in [0.25, 0.3) is 0 Å². The van der Waals surface area contributed by atoms with E-state index in [4.69, 9.17) is 0 Å². The number of hydrogen-bond donors (Lipinski definition) is 0. The number of Topliss-reactive ketones (excluding diaryl/α,β-unsaturated/α-hetero) is 1. The highest BCUT2D eigenvalue weighted by atomic mass is 16.5. The predicted octanol–water partition coefficient (Wildman–Crippen LogP) is 2.96. The third-order valence-electron chi connectivity index (χ3n) is 2.85. The van der Waals surface area contributed by atoms with Crippen molar-refractivity contribution in [2.75, 3.05) is 7.11 Å². The molecule has 0 unspecified atom stereocenters. The average Bonchev–Trinajstić information content (AvgIpc) is 2.73. The van der Waals surface area contributed by atoms with Gasteiger partial charge in [-0.1, -0.05) is 18.2 Å². The van der Waals surface area contributed by atoms with Gasteiger partial charge in [0.25, 0.3) is 0 Å². The number of esters is 1. The lowest BCUT2D eigenvalue weighted by molar-refractivity contribution is -0.140.